The van der Waals surface area contributed by atoms with Crippen LogP contribution in [0.5, 0.6) is 5.75 Å². The highest BCUT2D eigenvalue weighted by atomic mass is 16.5. The van der Waals surface area contributed by atoms with Crippen LogP contribution in [0, 0.1) is 5.92 Å². The first-order chi connectivity index (χ1) is 11.5. The first-order valence-corrected chi connectivity index (χ1v) is 7.86. The standard InChI is InChI=1S/C20H23NO3/c1-15(14-21(2)17-9-11-18(24-3)12-10-17)19(20(22)23)13-16-7-5-4-6-8-16/h4-13,15H,14H2,1-3H3,(H,22,23). The molecule has 0 saturated carbocycles. The van der Waals surface area contributed by atoms with E-state index in [1.807, 2.05) is 73.5 Å². The van der Waals surface area contributed by atoms with E-state index >= 15 is 0 Å². The molecule has 0 aliphatic rings. The van der Waals surface area contributed by atoms with Crippen LogP contribution in [0.15, 0.2) is 60.2 Å². The van der Waals surface area contributed by atoms with Gasteiger partial charge in [0.1, 0.15) is 5.75 Å². The van der Waals surface area contributed by atoms with Crippen molar-refractivity contribution in [3.8, 4) is 5.75 Å². The van der Waals surface area contributed by atoms with Gasteiger partial charge < -0.3 is 14.7 Å². The lowest BCUT2D eigenvalue weighted by Gasteiger charge is -2.24. The number of benzene rings is 2. The number of carboxylic acids is 1. The molecule has 4 nitrogen and oxygen atoms in total. The van der Waals surface area contributed by atoms with Crippen molar-refractivity contribution in [2.75, 3.05) is 25.6 Å². The molecule has 0 aromatic heterocycles. The van der Waals surface area contributed by atoms with E-state index in [4.69, 9.17) is 4.74 Å². The van der Waals surface area contributed by atoms with Crippen LogP contribution < -0.4 is 9.64 Å². The smallest absolute Gasteiger partial charge is 0.331 e. The lowest BCUT2D eigenvalue weighted by molar-refractivity contribution is -0.133. The highest BCUT2D eigenvalue weighted by Gasteiger charge is 2.18. The first kappa shape index (κ1) is 17.6. The van der Waals surface area contributed by atoms with Crippen molar-refractivity contribution in [1.29, 1.82) is 0 Å². The van der Waals surface area contributed by atoms with E-state index in [-0.39, 0.29) is 5.92 Å². The minimum atomic E-state index is -0.880. The van der Waals surface area contributed by atoms with Gasteiger partial charge in [0.05, 0.1) is 7.11 Å². The third kappa shape index (κ3) is 4.62. The number of nitrogens with zero attached hydrogens (tertiary/aromatic N) is 1. The molecule has 1 unspecified atom stereocenters. The third-order valence-corrected chi connectivity index (χ3v) is 3.96. The molecular formula is C20H23NO3. The highest BCUT2D eigenvalue weighted by Crippen LogP contribution is 2.22. The van der Waals surface area contributed by atoms with Gasteiger partial charge in [-0.2, -0.15) is 0 Å². The van der Waals surface area contributed by atoms with Crippen molar-refractivity contribution < 1.29 is 14.6 Å². The van der Waals surface area contributed by atoms with E-state index in [0.29, 0.717) is 12.1 Å². The van der Waals surface area contributed by atoms with Gasteiger partial charge in [-0.15, -0.1) is 0 Å². The molecule has 1 N–H and O–H groups in total. The number of hydrogen-bond donors (Lipinski definition) is 1. The second kappa shape index (κ2) is 8.20. The minimum Gasteiger partial charge on any atom is -0.497 e. The summed E-state index contributed by atoms with van der Waals surface area (Å²) in [5.74, 6) is -0.195. The van der Waals surface area contributed by atoms with E-state index < -0.39 is 5.97 Å². The molecule has 2 aromatic carbocycles. The fraction of sp³-hybridized carbons (Fsp3) is 0.250. The van der Waals surface area contributed by atoms with Crippen LogP contribution >= 0.6 is 0 Å². The summed E-state index contributed by atoms with van der Waals surface area (Å²) in [5, 5.41) is 9.55. The van der Waals surface area contributed by atoms with Gasteiger partial charge in [-0.3, -0.25) is 0 Å². The van der Waals surface area contributed by atoms with Crippen LogP contribution in [-0.4, -0.2) is 31.8 Å². The molecule has 0 radical (unpaired) electrons. The molecular weight excluding hydrogens is 302 g/mol. The number of anilines is 1. The monoisotopic (exact) mass is 325 g/mol. The van der Waals surface area contributed by atoms with Gasteiger partial charge in [0.25, 0.3) is 0 Å². The summed E-state index contributed by atoms with van der Waals surface area (Å²) in [4.78, 5) is 13.7. The molecule has 0 aliphatic carbocycles. The van der Waals surface area contributed by atoms with Gasteiger partial charge in [0.2, 0.25) is 0 Å². The summed E-state index contributed by atoms with van der Waals surface area (Å²) in [6, 6.07) is 17.3. The Hall–Kier alpha value is -2.75. The van der Waals surface area contributed by atoms with Crippen molar-refractivity contribution in [1.82, 2.24) is 0 Å². The van der Waals surface area contributed by atoms with Crippen molar-refractivity contribution in [3.05, 3.63) is 65.7 Å². The molecule has 126 valence electrons. The summed E-state index contributed by atoms with van der Waals surface area (Å²) < 4.78 is 5.16. The summed E-state index contributed by atoms with van der Waals surface area (Å²) in [6.45, 7) is 2.54. The van der Waals surface area contributed by atoms with Gasteiger partial charge in [-0.05, 0) is 35.9 Å². The molecule has 0 amide bonds. The molecule has 0 fully saturated rings. The second-order valence-corrected chi connectivity index (χ2v) is 5.80. The van der Waals surface area contributed by atoms with Crippen LogP contribution in [0.25, 0.3) is 6.08 Å². The maximum Gasteiger partial charge on any atom is 0.331 e. The van der Waals surface area contributed by atoms with Crippen molar-refractivity contribution in [2.24, 2.45) is 5.92 Å². The Labute approximate surface area is 143 Å². The zero-order valence-corrected chi connectivity index (χ0v) is 14.3. The molecule has 2 aromatic rings. The van der Waals surface area contributed by atoms with Gasteiger partial charge in [0.15, 0.2) is 0 Å². The lowest BCUT2D eigenvalue weighted by atomic mass is 9.98. The highest BCUT2D eigenvalue weighted by molar-refractivity contribution is 5.92. The summed E-state index contributed by atoms with van der Waals surface area (Å²) in [7, 11) is 3.59. The SMILES string of the molecule is COc1ccc(N(C)CC(C)C(=Cc2ccccc2)C(=O)O)cc1. The van der Waals surface area contributed by atoms with Gasteiger partial charge in [-0.25, -0.2) is 4.79 Å². The van der Waals surface area contributed by atoms with Crippen LogP contribution in [0.1, 0.15) is 12.5 Å². The molecule has 1 atom stereocenters. The number of hydrogen-bond acceptors (Lipinski definition) is 3. The molecule has 0 bridgehead atoms. The number of carbonyl (C=O) groups is 1. The first-order valence-electron chi connectivity index (χ1n) is 7.86. The number of ether oxygens (including phenoxy) is 1. The zero-order valence-electron chi connectivity index (χ0n) is 14.3. The molecule has 24 heavy (non-hydrogen) atoms. The van der Waals surface area contributed by atoms with Crippen LogP contribution in [0.2, 0.25) is 0 Å². The molecule has 0 spiro atoms. The maximum atomic E-state index is 11.6. The second-order valence-electron chi connectivity index (χ2n) is 5.80. The van der Waals surface area contributed by atoms with E-state index in [2.05, 4.69) is 0 Å². The fourth-order valence-electron chi connectivity index (χ4n) is 2.59. The summed E-state index contributed by atoms with van der Waals surface area (Å²) in [6.07, 6.45) is 1.74. The fourth-order valence-corrected chi connectivity index (χ4v) is 2.59. The Morgan fingerprint density at radius 1 is 1.17 bits per heavy atom. The average Bonchev–Trinajstić information content (AvgIpc) is 2.60. The van der Waals surface area contributed by atoms with Crippen molar-refractivity contribution >= 4 is 17.7 Å². The molecule has 0 saturated heterocycles. The van der Waals surface area contributed by atoms with Gasteiger partial charge in [0, 0.05) is 30.8 Å². The van der Waals surface area contributed by atoms with Gasteiger partial charge >= 0.3 is 5.97 Å². The third-order valence-electron chi connectivity index (χ3n) is 3.96. The average molecular weight is 325 g/mol. The number of carboxylic acid groups (broad SMARTS) is 1. The number of aliphatic carboxylic acids is 1. The molecule has 0 heterocycles. The van der Waals surface area contributed by atoms with Crippen LogP contribution in [0.3, 0.4) is 0 Å². The van der Waals surface area contributed by atoms with Crippen LogP contribution in [0.4, 0.5) is 5.69 Å². The minimum absolute atomic E-state index is 0.116. The van der Waals surface area contributed by atoms with Crippen molar-refractivity contribution in [2.45, 2.75) is 6.92 Å². The Morgan fingerprint density at radius 2 is 1.79 bits per heavy atom. The molecule has 2 rings (SSSR count). The Balaban J connectivity index is 2.13. The van der Waals surface area contributed by atoms with E-state index in [9.17, 15) is 9.90 Å². The lowest BCUT2D eigenvalue weighted by Crippen LogP contribution is -2.27. The normalized spacial score (nSPS) is 12.5. The van der Waals surface area contributed by atoms with E-state index in [1.165, 1.54) is 0 Å². The maximum absolute atomic E-state index is 11.6. The summed E-state index contributed by atoms with van der Waals surface area (Å²) in [5.41, 5.74) is 2.32. The Bertz CT molecular complexity index is 693. The largest absolute Gasteiger partial charge is 0.497 e. The van der Waals surface area contributed by atoms with E-state index in [0.717, 1.165) is 17.0 Å². The van der Waals surface area contributed by atoms with Crippen molar-refractivity contribution in [3.63, 3.8) is 0 Å². The molecule has 0 aliphatic heterocycles. The Morgan fingerprint density at radius 3 is 2.33 bits per heavy atom. The number of rotatable bonds is 7. The predicted octanol–water partition coefficient (Wildman–Crippen LogP) is 3.94. The van der Waals surface area contributed by atoms with Gasteiger partial charge in [-0.1, -0.05) is 37.3 Å². The number of methoxy groups -OCH3 is 1. The topological polar surface area (TPSA) is 49.8 Å². The zero-order chi connectivity index (χ0) is 17.5. The predicted molar refractivity (Wildman–Crippen MR) is 97.5 cm³/mol. The Kier molecular flexibility index (Phi) is 6.01. The quantitative estimate of drug-likeness (QED) is 0.784. The molecule has 4 heteroatoms. The van der Waals surface area contributed by atoms with E-state index in [1.54, 1.807) is 13.2 Å². The van der Waals surface area contributed by atoms with Crippen LogP contribution in [-0.2, 0) is 4.79 Å². The summed E-state index contributed by atoms with van der Waals surface area (Å²) >= 11 is 0.